The molecule has 3 rings (SSSR count). The Labute approximate surface area is 146 Å². The molecule has 0 aliphatic carbocycles. The van der Waals surface area contributed by atoms with Gasteiger partial charge in [-0.25, -0.2) is 0 Å². The SMILES string of the molecule is CC(C)c1ccc(-c2ccc(-c3ccccc3)cc2)cc1C(C)C. The lowest BCUT2D eigenvalue weighted by atomic mass is 9.88. The predicted molar refractivity (Wildman–Crippen MR) is 105 cm³/mol. The molecule has 3 aromatic rings. The number of hydrogen-bond acceptors (Lipinski definition) is 0. The van der Waals surface area contributed by atoms with E-state index < -0.39 is 0 Å². The molecule has 0 spiro atoms. The van der Waals surface area contributed by atoms with Crippen LogP contribution in [0, 0.1) is 0 Å². The Kier molecular flexibility index (Phi) is 4.85. The van der Waals surface area contributed by atoms with Crippen LogP contribution in [0.3, 0.4) is 0 Å². The van der Waals surface area contributed by atoms with Crippen LogP contribution in [0.1, 0.15) is 50.7 Å². The highest BCUT2D eigenvalue weighted by atomic mass is 14.2. The Balaban J connectivity index is 1.96. The zero-order valence-electron chi connectivity index (χ0n) is 15.1. The summed E-state index contributed by atoms with van der Waals surface area (Å²) in [5.41, 5.74) is 8.06. The molecule has 0 heteroatoms. The van der Waals surface area contributed by atoms with Crippen molar-refractivity contribution in [2.45, 2.75) is 39.5 Å². The highest BCUT2D eigenvalue weighted by Crippen LogP contribution is 2.32. The van der Waals surface area contributed by atoms with Gasteiger partial charge in [0.25, 0.3) is 0 Å². The van der Waals surface area contributed by atoms with E-state index in [2.05, 4.69) is 100 Å². The van der Waals surface area contributed by atoms with Crippen LogP contribution in [0.5, 0.6) is 0 Å². The van der Waals surface area contributed by atoms with E-state index >= 15 is 0 Å². The van der Waals surface area contributed by atoms with E-state index in [0.29, 0.717) is 11.8 Å². The molecule has 0 aromatic heterocycles. The molecule has 0 saturated heterocycles. The molecule has 0 unspecified atom stereocenters. The van der Waals surface area contributed by atoms with Crippen LogP contribution in [0.25, 0.3) is 22.3 Å². The first kappa shape index (κ1) is 16.5. The Hall–Kier alpha value is -2.34. The zero-order chi connectivity index (χ0) is 17.1. The Morgan fingerprint density at radius 1 is 0.458 bits per heavy atom. The minimum absolute atomic E-state index is 0.547. The summed E-state index contributed by atoms with van der Waals surface area (Å²) in [6, 6.07) is 26.4. The number of hydrogen-bond donors (Lipinski definition) is 0. The fourth-order valence-corrected chi connectivity index (χ4v) is 3.27. The van der Waals surface area contributed by atoms with Crippen molar-refractivity contribution in [1.29, 1.82) is 0 Å². The van der Waals surface area contributed by atoms with Gasteiger partial charge in [0.2, 0.25) is 0 Å². The summed E-state index contributed by atoms with van der Waals surface area (Å²) in [5.74, 6) is 1.11. The van der Waals surface area contributed by atoms with Gasteiger partial charge in [-0.15, -0.1) is 0 Å². The van der Waals surface area contributed by atoms with Gasteiger partial charge in [-0.2, -0.15) is 0 Å². The molecule has 122 valence electrons. The molecule has 3 aromatic carbocycles. The van der Waals surface area contributed by atoms with Crippen LogP contribution in [-0.4, -0.2) is 0 Å². The number of benzene rings is 3. The Morgan fingerprint density at radius 2 is 0.917 bits per heavy atom. The van der Waals surface area contributed by atoms with E-state index in [9.17, 15) is 0 Å². The van der Waals surface area contributed by atoms with Crippen molar-refractivity contribution in [2.24, 2.45) is 0 Å². The second-order valence-corrected chi connectivity index (χ2v) is 7.10. The summed E-state index contributed by atoms with van der Waals surface area (Å²) in [7, 11) is 0. The number of rotatable bonds is 4. The quantitative estimate of drug-likeness (QED) is 0.475. The van der Waals surface area contributed by atoms with Crippen molar-refractivity contribution < 1.29 is 0 Å². The van der Waals surface area contributed by atoms with Crippen LogP contribution in [0.15, 0.2) is 72.8 Å². The highest BCUT2D eigenvalue weighted by molar-refractivity contribution is 5.71. The first-order valence-electron chi connectivity index (χ1n) is 8.86. The minimum atomic E-state index is 0.547. The maximum atomic E-state index is 2.37. The van der Waals surface area contributed by atoms with Crippen molar-refractivity contribution in [3.05, 3.63) is 83.9 Å². The minimum Gasteiger partial charge on any atom is -0.0622 e. The van der Waals surface area contributed by atoms with E-state index in [0.717, 1.165) is 0 Å². The third kappa shape index (κ3) is 3.43. The van der Waals surface area contributed by atoms with Gasteiger partial charge in [-0.3, -0.25) is 0 Å². The van der Waals surface area contributed by atoms with E-state index in [1.807, 2.05) is 0 Å². The fourth-order valence-electron chi connectivity index (χ4n) is 3.27. The fraction of sp³-hybridized carbons (Fsp3) is 0.250. The molecule has 24 heavy (non-hydrogen) atoms. The van der Waals surface area contributed by atoms with Gasteiger partial charge in [-0.1, -0.05) is 100 Å². The van der Waals surface area contributed by atoms with E-state index in [4.69, 9.17) is 0 Å². The lowest BCUT2D eigenvalue weighted by Gasteiger charge is -2.17. The van der Waals surface area contributed by atoms with Crippen LogP contribution >= 0.6 is 0 Å². The maximum absolute atomic E-state index is 2.37. The molecule has 0 N–H and O–H groups in total. The zero-order valence-corrected chi connectivity index (χ0v) is 15.1. The summed E-state index contributed by atoms with van der Waals surface area (Å²) in [6.07, 6.45) is 0. The van der Waals surface area contributed by atoms with Crippen molar-refractivity contribution in [3.8, 4) is 22.3 Å². The third-order valence-electron chi connectivity index (χ3n) is 4.66. The molecular formula is C24H26. The largest absolute Gasteiger partial charge is 0.0622 e. The van der Waals surface area contributed by atoms with E-state index in [1.165, 1.54) is 33.4 Å². The summed E-state index contributed by atoms with van der Waals surface area (Å²) in [4.78, 5) is 0. The molecule has 0 aliphatic heterocycles. The molecule has 0 amide bonds. The average Bonchev–Trinajstić information content (AvgIpc) is 2.62. The highest BCUT2D eigenvalue weighted by Gasteiger charge is 2.11. The summed E-state index contributed by atoms with van der Waals surface area (Å²) in [5, 5.41) is 0. The van der Waals surface area contributed by atoms with Crippen molar-refractivity contribution in [1.82, 2.24) is 0 Å². The second kappa shape index (κ2) is 7.05. The first-order chi connectivity index (χ1) is 11.6. The molecule has 0 radical (unpaired) electrons. The average molecular weight is 314 g/mol. The maximum Gasteiger partial charge on any atom is -0.0181 e. The van der Waals surface area contributed by atoms with Crippen LogP contribution in [0.2, 0.25) is 0 Å². The van der Waals surface area contributed by atoms with Gasteiger partial charge in [0.15, 0.2) is 0 Å². The smallest absolute Gasteiger partial charge is 0.0181 e. The van der Waals surface area contributed by atoms with Crippen molar-refractivity contribution >= 4 is 0 Å². The first-order valence-corrected chi connectivity index (χ1v) is 8.86. The van der Waals surface area contributed by atoms with Crippen molar-refractivity contribution in [2.75, 3.05) is 0 Å². The van der Waals surface area contributed by atoms with Gasteiger partial charge >= 0.3 is 0 Å². The van der Waals surface area contributed by atoms with Gasteiger partial charge in [0, 0.05) is 0 Å². The van der Waals surface area contributed by atoms with Gasteiger partial charge in [-0.05, 0) is 45.2 Å². The summed E-state index contributed by atoms with van der Waals surface area (Å²) >= 11 is 0. The molecule has 0 nitrogen and oxygen atoms in total. The molecule has 0 bridgehead atoms. The second-order valence-electron chi connectivity index (χ2n) is 7.10. The lowest BCUT2D eigenvalue weighted by molar-refractivity contribution is 0.791. The predicted octanol–water partition coefficient (Wildman–Crippen LogP) is 7.27. The summed E-state index contributed by atoms with van der Waals surface area (Å²) in [6.45, 7) is 9.11. The molecule has 0 atom stereocenters. The van der Waals surface area contributed by atoms with E-state index in [1.54, 1.807) is 0 Å². The van der Waals surface area contributed by atoms with Gasteiger partial charge in [0.1, 0.15) is 0 Å². The third-order valence-corrected chi connectivity index (χ3v) is 4.66. The Morgan fingerprint density at radius 3 is 1.46 bits per heavy atom. The van der Waals surface area contributed by atoms with Gasteiger partial charge in [0.05, 0.1) is 0 Å². The monoisotopic (exact) mass is 314 g/mol. The van der Waals surface area contributed by atoms with Crippen LogP contribution in [-0.2, 0) is 0 Å². The molecular weight excluding hydrogens is 288 g/mol. The normalized spacial score (nSPS) is 11.2. The molecule has 0 heterocycles. The lowest BCUT2D eigenvalue weighted by Crippen LogP contribution is -1.99. The standard InChI is InChI=1S/C24H26/c1-17(2)23-15-14-22(16-24(23)18(3)4)21-12-10-20(11-13-21)19-8-6-5-7-9-19/h5-18H,1-4H3. The van der Waals surface area contributed by atoms with Crippen LogP contribution < -0.4 is 0 Å². The Bertz CT molecular complexity index is 793. The topological polar surface area (TPSA) is 0 Å². The van der Waals surface area contributed by atoms with Crippen molar-refractivity contribution in [3.63, 3.8) is 0 Å². The summed E-state index contributed by atoms with van der Waals surface area (Å²) < 4.78 is 0. The molecule has 0 saturated carbocycles. The van der Waals surface area contributed by atoms with Crippen LogP contribution in [0.4, 0.5) is 0 Å². The molecule has 0 aliphatic rings. The van der Waals surface area contributed by atoms with Gasteiger partial charge < -0.3 is 0 Å². The van der Waals surface area contributed by atoms with E-state index in [-0.39, 0.29) is 0 Å². The molecule has 0 fully saturated rings.